The lowest BCUT2D eigenvalue weighted by Crippen LogP contribution is -2.53. The fourth-order valence-corrected chi connectivity index (χ4v) is 4.40. The minimum Gasteiger partial charge on any atom is -0.462 e. The molecule has 1 rings (SSSR count). The Kier molecular flexibility index (Phi) is 21.5. The van der Waals surface area contributed by atoms with Gasteiger partial charge in [0.2, 0.25) is 0 Å². The molecule has 20 heteroatoms. The second-order valence-corrected chi connectivity index (χ2v) is 12.9. The molecule has 0 bridgehead atoms. The number of ether oxygens (including phenoxy) is 8. The number of amides is 2. The van der Waals surface area contributed by atoms with E-state index in [1.165, 1.54) is 13.8 Å². The number of hydrogen-bond acceptors (Lipinski definition) is 18. The molecule has 0 heterocycles. The first-order valence-electron chi connectivity index (χ1n) is 17.8. The van der Waals surface area contributed by atoms with Gasteiger partial charge >= 0.3 is 48.0 Å². The minimum atomic E-state index is -1.42. The second-order valence-electron chi connectivity index (χ2n) is 12.9. The van der Waals surface area contributed by atoms with Crippen molar-refractivity contribution in [2.45, 2.75) is 51.6 Å². The Balaban J connectivity index is 2.89. The average molecular weight is 845 g/mol. The lowest BCUT2D eigenvalue weighted by atomic mass is 9.94. The van der Waals surface area contributed by atoms with Crippen molar-refractivity contribution in [1.29, 1.82) is 0 Å². The van der Waals surface area contributed by atoms with Gasteiger partial charge in [-0.3, -0.25) is 9.59 Å². The number of esters is 6. The molecule has 0 aliphatic heterocycles. The van der Waals surface area contributed by atoms with Crippen molar-refractivity contribution in [2.24, 2.45) is 0 Å². The van der Waals surface area contributed by atoms with Crippen LogP contribution in [0.25, 0.3) is 0 Å². The van der Waals surface area contributed by atoms with Crippen LogP contribution in [0.15, 0.2) is 62.8 Å². The van der Waals surface area contributed by atoms with Crippen molar-refractivity contribution in [2.75, 3.05) is 52.9 Å². The first-order valence-corrected chi connectivity index (χ1v) is 17.8. The highest BCUT2D eigenvalue weighted by Gasteiger charge is 2.32. The van der Waals surface area contributed by atoms with Gasteiger partial charge in [0.25, 0.3) is 0 Å². The maximum absolute atomic E-state index is 13.1. The Labute approximate surface area is 345 Å². The predicted molar refractivity (Wildman–Crippen MR) is 207 cm³/mol. The van der Waals surface area contributed by atoms with Crippen molar-refractivity contribution in [1.82, 2.24) is 10.6 Å². The molecule has 2 amide bonds. The first kappa shape index (κ1) is 50.9. The van der Waals surface area contributed by atoms with E-state index < -0.39 is 97.1 Å². The number of carbonyl (C=O) groups excluding carboxylic acids is 10. The summed E-state index contributed by atoms with van der Waals surface area (Å²) in [5.74, 6) is -6.57. The van der Waals surface area contributed by atoms with E-state index in [2.05, 4.69) is 36.9 Å². The molecule has 1 aromatic rings. The Hall–Kier alpha value is -7.12. The van der Waals surface area contributed by atoms with E-state index >= 15 is 0 Å². The monoisotopic (exact) mass is 844 g/mol. The van der Waals surface area contributed by atoms with Crippen molar-refractivity contribution in [3.05, 3.63) is 85.0 Å². The minimum absolute atomic E-state index is 0.0481. The summed E-state index contributed by atoms with van der Waals surface area (Å²) in [4.78, 5) is 122. The third-order valence-corrected chi connectivity index (χ3v) is 7.47. The highest BCUT2D eigenvalue weighted by molar-refractivity contribution is 6.12. The number of rotatable bonds is 26. The van der Waals surface area contributed by atoms with Crippen LogP contribution in [-0.4, -0.2) is 124 Å². The average Bonchev–Trinajstić information content (AvgIpc) is 3.21. The fraction of sp³-hybridized carbons (Fsp3) is 0.400. The van der Waals surface area contributed by atoms with Gasteiger partial charge in [-0.1, -0.05) is 26.3 Å². The number of carbonyl (C=O) groups is 10. The molecular weight excluding hydrogens is 796 g/mol. The largest absolute Gasteiger partial charge is 0.462 e. The van der Waals surface area contributed by atoms with Gasteiger partial charge in [-0.05, 0) is 39.8 Å². The van der Waals surface area contributed by atoms with Gasteiger partial charge < -0.3 is 48.5 Å². The lowest BCUT2D eigenvalue weighted by molar-refractivity contribution is -0.146. The molecule has 326 valence electrons. The zero-order chi connectivity index (χ0) is 45.5. The molecule has 0 spiro atoms. The highest BCUT2D eigenvalue weighted by Crippen LogP contribution is 2.21. The molecule has 0 atom stereocenters. The molecule has 1 aromatic carbocycles. The molecule has 0 saturated carbocycles. The van der Waals surface area contributed by atoms with Crippen LogP contribution in [0.3, 0.4) is 0 Å². The van der Waals surface area contributed by atoms with E-state index in [0.29, 0.717) is 0 Å². The first-order chi connectivity index (χ1) is 28.2. The van der Waals surface area contributed by atoms with Crippen LogP contribution < -0.4 is 10.6 Å². The summed E-state index contributed by atoms with van der Waals surface area (Å²) in [6.07, 6.45) is 1.49. The molecule has 0 aliphatic carbocycles. The molecule has 0 aromatic heterocycles. The maximum atomic E-state index is 13.1. The van der Waals surface area contributed by atoms with Crippen LogP contribution in [0.4, 0.5) is 9.59 Å². The molecule has 2 N–H and O–H groups in total. The third-order valence-electron chi connectivity index (χ3n) is 7.47. The fourth-order valence-electron chi connectivity index (χ4n) is 4.40. The molecule has 0 radical (unpaired) electrons. The number of alkyl carbamates (subject to hydrolysis) is 2. The zero-order valence-corrected chi connectivity index (χ0v) is 33.7. The number of ketones is 2. The number of benzene rings is 1. The van der Waals surface area contributed by atoms with Crippen LogP contribution in [0.1, 0.15) is 82.0 Å². The van der Waals surface area contributed by atoms with Crippen LogP contribution >= 0.6 is 0 Å². The van der Waals surface area contributed by atoms with Crippen LogP contribution in [0.2, 0.25) is 0 Å². The number of Topliss-reactive ketones (excluding diaryl/α,β-unsaturated/α-hetero) is 2. The standard InChI is InChI=1S/C40H48N2O18/c1-9-31(45)57-21-39(7,22-58-32(46)10-2)41-37(51)55-17-13-15-53-35(49)29-20-30(28(26(6)44)19-27(29)25(5)43)36(50)54-16-14-18-56-38(52)42-40(8,23-59-33(47)11-3)24-60-34(48)12-4/h9-12,19-20H,1-4,13-18,21-24H2,5-8H3,(H,41,51)(H,42,52). The SMILES string of the molecule is C=CC(=O)OCC(C)(COC(=O)C=C)NC(=O)OCCCOC(=O)c1cc(C(=O)OCCCOC(=O)NC(C)(COC(=O)C=C)COC(=O)C=C)c(C(C)=O)cc1C(C)=O. The van der Waals surface area contributed by atoms with Gasteiger partial charge in [0.05, 0.1) is 37.6 Å². The molecule has 20 nitrogen and oxygen atoms in total. The van der Waals surface area contributed by atoms with Gasteiger partial charge in [-0.2, -0.15) is 0 Å². The highest BCUT2D eigenvalue weighted by atomic mass is 16.6. The summed E-state index contributed by atoms with van der Waals surface area (Å²) in [6, 6.07) is 2.04. The zero-order valence-electron chi connectivity index (χ0n) is 33.7. The van der Waals surface area contributed by atoms with Crippen LogP contribution in [0.5, 0.6) is 0 Å². The Morgan fingerprint density at radius 2 is 0.733 bits per heavy atom. The van der Waals surface area contributed by atoms with Crippen molar-refractivity contribution < 1.29 is 85.8 Å². The normalized spacial score (nSPS) is 10.6. The van der Waals surface area contributed by atoms with E-state index in [1.54, 1.807) is 0 Å². The molecule has 0 unspecified atom stereocenters. The summed E-state index contributed by atoms with van der Waals surface area (Å²) < 4.78 is 40.5. The van der Waals surface area contributed by atoms with Gasteiger partial charge in [-0.25, -0.2) is 38.4 Å². The lowest BCUT2D eigenvalue weighted by Gasteiger charge is -2.28. The van der Waals surface area contributed by atoms with E-state index in [0.717, 1.165) is 50.3 Å². The van der Waals surface area contributed by atoms with Gasteiger partial charge in [0, 0.05) is 48.3 Å². The summed E-state index contributed by atoms with van der Waals surface area (Å²) in [6.45, 7) is 15.2. The summed E-state index contributed by atoms with van der Waals surface area (Å²) in [5.41, 5.74) is -4.01. The molecule has 0 saturated heterocycles. The van der Waals surface area contributed by atoms with Crippen molar-refractivity contribution in [3.63, 3.8) is 0 Å². The Morgan fingerprint density at radius 3 is 1.00 bits per heavy atom. The third kappa shape index (κ3) is 18.4. The Morgan fingerprint density at radius 1 is 0.467 bits per heavy atom. The summed E-state index contributed by atoms with van der Waals surface area (Å²) in [5, 5.41) is 4.85. The molecule has 0 fully saturated rings. The molecular formula is C40H48N2O18. The topological polar surface area (TPSA) is 269 Å². The van der Waals surface area contributed by atoms with E-state index in [9.17, 15) is 47.9 Å². The summed E-state index contributed by atoms with van der Waals surface area (Å²) >= 11 is 0. The van der Waals surface area contributed by atoms with Gasteiger partial charge in [0.1, 0.15) is 37.5 Å². The van der Waals surface area contributed by atoms with Crippen molar-refractivity contribution >= 4 is 59.6 Å². The van der Waals surface area contributed by atoms with Gasteiger partial charge in [-0.15, -0.1) is 0 Å². The summed E-state index contributed by atoms with van der Waals surface area (Å²) in [7, 11) is 0. The maximum Gasteiger partial charge on any atom is 0.407 e. The second kappa shape index (κ2) is 25.3. The smallest absolute Gasteiger partial charge is 0.407 e. The van der Waals surface area contributed by atoms with E-state index in [-0.39, 0.29) is 61.5 Å². The van der Waals surface area contributed by atoms with E-state index in [1.807, 2.05) is 0 Å². The molecule has 0 aliphatic rings. The van der Waals surface area contributed by atoms with Crippen molar-refractivity contribution in [3.8, 4) is 0 Å². The quantitative estimate of drug-likeness (QED) is 0.0446. The van der Waals surface area contributed by atoms with Crippen LogP contribution in [0, 0.1) is 0 Å². The number of hydrogen-bond donors (Lipinski definition) is 2. The van der Waals surface area contributed by atoms with Crippen LogP contribution in [-0.2, 0) is 57.1 Å². The van der Waals surface area contributed by atoms with Gasteiger partial charge in [0.15, 0.2) is 11.6 Å². The predicted octanol–water partition coefficient (Wildman–Crippen LogP) is 3.07. The number of nitrogens with one attached hydrogen (secondary N) is 2. The Bertz CT molecular complexity index is 1670. The van der Waals surface area contributed by atoms with E-state index in [4.69, 9.17) is 37.9 Å². The molecule has 60 heavy (non-hydrogen) atoms.